The molecule has 0 radical (unpaired) electrons. The highest BCUT2D eigenvalue weighted by atomic mass is 35.7. The Kier molecular flexibility index (Phi) is 4.45. The van der Waals surface area contributed by atoms with E-state index in [1.54, 1.807) is 4.57 Å². The van der Waals surface area contributed by atoms with Crippen LogP contribution in [0.4, 0.5) is 0 Å². The van der Waals surface area contributed by atoms with Gasteiger partial charge in [0.15, 0.2) is 0 Å². The van der Waals surface area contributed by atoms with E-state index in [1.165, 1.54) is 0 Å². The maximum atomic E-state index is 11.5. The summed E-state index contributed by atoms with van der Waals surface area (Å²) in [6, 6.07) is 9.71. The summed E-state index contributed by atoms with van der Waals surface area (Å²) < 4.78 is 24.7. The molecule has 2 rings (SSSR count). The third kappa shape index (κ3) is 3.58. The molecule has 0 aliphatic carbocycles. The van der Waals surface area contributed by atoms with Crippen LogP contribution in [-0.2, 0) is 22.0 Å². The lowest BCUT2D eigenvalue weighted by Gasteiger charge is -2.11. The van der Waals surface area contributed by atoms with Gasteiger partial charge in [-0.1, -0.05) is 44.2 Å². The Morgan fingerprint density at radius 2 is 1.85 bits per heavy atom. The van der Waals surface area contributed by atoms with Gasteiger partial charge in [-0.15, -0.1) is 10.2 Å². The van der Waals surface area contributed by atoms with Crippen molar-refractivity contribution in [1.29, 1.82) is 0 Å². The highest BCUT2D eigenvalue weighted by Crippen LogP contribution is 2.18. The smallest absolute Gasteiger partial charge is 0.296 e. The maximum absolute atomic E-state index is 11.5. The van der Waals surface area contributed by atoms with Crippen LogP contribution in [0.15, 0.2) is 35.5 Å². The molecule has 0 aliphatic heterocycles. The van der Waals surface area contributed by atoms with Crippen LogP contribution in [0.1, 0.15) is 25.2 Å². The molecule has 20 heavy (non-hydrogen) atoms. The number of hydrogen-bond donors (Lipinski definition) is 0. The third-order valence-corrected chi connectivity index (χ3v) is 3.92. The molecular formula is C13H16ClN3O2S. The van der Waals surface area contributed by atoms with Crippen molar-refractivity contribution in [3.63, 3.8) is 0 Å². The van der Waals surface area contributed by atoms with Crippen molar-refractivity contribution < 1.29 is 8.42 Å². The highest BCUT2D eigenvalue weighted by molar-refractivity contribution is 8.13. The Hall–Kier alpha value is -1.40. The molecule has 0 fully saturated rings. The van der Waals surface area contributed by atoms with Crippen molar-refractivity contribution in [2.45, 2.75) is 32.0 Å². The van der Waals surface area contributed by atoms with E-state index in [2.05, 4.69) is 10.2 Å². The van der Waals surface area contributed by atoms with Gasteiger partial charge in [-0.3, -0.25) is 0 Å². The van der Waals surface area contributed by atoms with Crippen LogP contribution in [-0.4, -0.2) is 23.2 Å². The van der Waals surface area contributed by atoms with E-state index in [0.29, 0.717) is 18.8 Å². The molecule has 0 saturated heterocycles. The second-order valence-corrected chi connectivity index (χ2v) is 7.46. The van der Waals surface area contributed by atoms with Gasteiger partial charge >= 0.3 is 0 Å². The van der Waals surface area contributed by atoms with E-state index in [4.69, 9.17) is 10.7 Å². The van der Waals surface area contributed by atoms with Gasteiger partial charge in [0.05, 0.1) is 0 Å². The Labute approximate surface area is 123 Å². The number of aromatic nitrogens is 3. The normalized spacial score (nSPS) is 12.0. The topological polar surface area (TPSA) is 64.8 Å². The number of benzene rings is 1. The summed E-state index contributed by atoms with van der Waals surface area (Å²) in [5.41, 5.74) is 1.04. The molecule has 7 heteroatoms. The number of rotatable bonds is 5. The summed E-state index contributed by atoms with van der Waals surface area (Å²) in [5, 5.41) is 7.53. The summed E-state index contributed by atoms with van der Waals surface area (Å²) in [5.74, 6) is 0.863. The number of halogens is 1. The molecule has 5 nitrogen and oxygen atoms in total. The Morgan fingerprint density at radius 3 is 2.40 bits per heavy atom. The zero-order valence-corrected chi connectivity index (χ0v) is 12.9. The minimum absolute atomic E-state index is 0.182. The van der Waals surface area contributed by atoms with E-state index in [9.17, 15) is 8.42 Å². The molecule has 0 aliphatic rings. The molecule has 2 aromatic rings. The average molecular weight is 314 g/mol. The molecule has 0 N–H and O–H groups in total. The van der Waals surface area contributed by atoms with Crippen molar-refractivity contribution >= 4 is 19.7 Å². The van der Waals surface area contributed by atoms with Gasteiger partial charge in [-0.25, -0.2) is 8.42 Å². The van der Waals surface area contributed by atoms with Crippen LogP contribution >= 0.6 is 10.7 Å². The lowest BCUT2D eigenvalue weighted by Crippen LogP contribution is -2.13. The van der Waals surface area contributed by atoms with Gasteiger partial charge in [0.1, 0.15) is 5.82 Å². The van der Waals surface area contributed by atoms with Gasteiger partial charge in [0.25, 0.3) is 14.2 Å². The quantitative estimate of drug-likeness (QED) is 0.795. The fraction of sp³-hybridized carbons (Fsp3) is 0.385. The first-order valence-electron chi connectivity index (χ1n) is 6.28. The van der Waals surface area contributed by atoms with Crippen molar-refractivity contribution in [2.24, 2.45) is 5.92 Å². The highest BCUT2D eigenvalue weighted by Gasteiger charge is 2.23. The minimum Gasteiger partial charge on any atom is -0.300 e. The molecule has 108 valence electrons. The van der Waals surface area contributed by atoms with Gasteiger partial charge < -0.3 is 4.57 Å². The molecule has 0 atom stereocenters. The molecule has 0 bridgehead atoms. The molecule has 0 unspecified atom stereocenters. The van der Waals surface area contributed by atoms with Gasteiger partial charge in [0, 0.05) is 23.6 Å². The van der Waals surface area contributed by atoms with E-state index in [1.807, 2.05) is 44.2 Å². The molecule has 1 aromatic heterocycles. The number of nitrogens with zero attached hydrogens (tertiary/aromatic N) is 3. The Balaban J connectivity index is 2.41. The van der Waals surface area contributed by atoms with Crippen molar-refractivity contribution in [3.8, 4) is 0 Å². The summed E-state index contributed by atoms with van der Waals surface area (Å²) in [6.45, 7) is 4.50. The summed E-state index contributed by atoms with van der Waals surface area (Å²) in [4.78, 5) is 0. The van der Waals surface area contributed by atoms with Crippen LogP contribution in [0.2, 0.25) is 0 Å². The van der Waals surface area contributed by atoms with Crippen molar-refractivity contribution in [3.05, 3.63) is 41.7 Å². The zero-order valence-electron chi connectivity index (χ0n) is 11.3. The van der Waals surface area contributed by atoms with E-state index < -0.39 is 9.05 Å². The summed E-state index contributed by atoms with van der Waals surface area (Å²) in [6.07, 6.45) is 0.521. The van der Waals surface area contributed by atoms with Gasteiger partial charge in [-0.05, 0) is 11.5 Å². The van der Waals surface area contributed by atoms with E-state index in [0.717, 1.165) is 5.56 Å². The maximum Gasteiger partial charge on any atom is 0.296 e. The second-order valence-electron chi connectivity index (χ2n) is 5.00. The van der Waals surface area contributed by atoms with Crippen LogP contribution in [0.5, 0.6) is 0 Å². The lowest BCUT2D eigenvalue weighted by molar-refractivity contribution is 0.474. The fourth-order valence-electron chi connectivity index (χ4n) is 1.96. The standard InChI is InChI=1S/C13H16ClN3O2S/c1-10(2)9-17-12(8-11-6-4-3-5-7-11)15-16-13(17)20(14,18)19/h3-7,10H,8-9H2,1-2H3. The zero-order chi connectivity index (χ0) is 14.8. The Morgan fingerprint density at radius 1 is 1.20 bits per heavy atom. The van der Waals surface area contributed by atoms with Crippen LogP contribution in [0.3, 0.4) is 0 Å². The molecular weight excluding hydrogens is 298 g/mol. The predicted molar refractivity (Wildman–Crippen MR) is 77.1 cm³/mol. The average Bonchev–Trinajstić information content (AvgIpc) is 2.72. The summed E-state index contributed by atoms with van der Waals surface area (Å²) >= 11 is 0. The molecule has 1 aromatic carbocycles. The second kappa shape index (κ2) is 5.93. The van der Waals surface area contributed by atoms with Gasteiger partial charge in [-0.2, -0.15) is 0 Å². The van der Waals surface area contributed by atoms with E-state index in [-0.39, 0.29) is 11.1 Å². The SMILES string of the molecule is CC(C)Cn1c(Cc2ccccc2)nnc1S(=O)(=O)Cl. The first kappa shape index (κ1) is 15.0. The molecule has 0 spiro atoms. The van der Waals surface area contributed by atoms with Crippen LogP contribution in [0, 0.1) is 5.92 Å². The van der Waals surface area contributed by atoms with Gasteiger partial charge in [0.2, 0.25) is 0 Å². The largest absolute Gasteiger partial charge is 0.300 e. The Bertz CT molecular complexity index is 681. The minimum atomic E-state index is -3.89. The van der Waals surface area contributed by atoms with Crippen molar-refractivity contribution in [2.75, 3.05) is 0 Å². The monoisotopic (exact) mass is 313 g/mol. The fourth-order valence-corrected chi connectivity index (χ4v) is 2.88. The van der Waals surface area contributed by atoms with Crippen molar-refractivity contribution in [1.82, 2.24) is 14.8 Å². The van der Waals surface area contributed by atoms with Crippen LogP contribution in [0.25, 0.3) is 0 Å². The molecule has 0 saturated carbocycles. The predicted octanol–water partition coefficient (Wildman–Crippen LogP) is 2.45. The molecule has 0 amide bonds. The first-order valence-corrected chi connectivity index (χ1v) is 8.59. The third-order valence-electron chi connectivity index (χ3n) is 2.76. The summed E-state index contributed by atoms with van der Waals surface area (Å²) in [7, 11) is 1.52. The molecule has 1 heterocycles. The lowest BCUT2D eigenvalue weighted by atomic mass is 10.1. The van der Waals surface area contributed by atoms with Crippen LogP contribution < -0.4 is 0 Å². The first-order chi connectivity index (χ1) is 9.38. The number of hydrogen-bond acceptors (Lipinski definition) is 4. The van der Waals surface area contributed by atoms with E-state index >= 15 is 0 Å².